The smallest absolute Gasteiger partial charge is 0.407 e. The molecule has 29 heavy (non-hydrogen) atoms. The molecule has 0 radical (unpaired) electrons. The Balaban J connectivity index is 0.000000463. The molecule has 5 heteroatoms. The van der Waals surface area contributed by atoms with Gasteiger partial charge >= 0.3 is 12.1 Å². The fourth-order valence-electron chi connectivity index (χ4n) is 3.25. The van der Waals surface area contributed by atoms with Crippen LogP contribution >= 0.6 is 0 Å². The highest BCUT2D eigenvalue weighted by Gasteiger charge is 2.36. The number of nitrogens with one attached hydrogen (secondary N) is 1. The van der Waals surface area contributed by atoms with E-state index in [9.17, 15) is 9.59 Å². The van der Waals surface area contributed by atoms with Crippen molar-refractivity contribution in [2.24, 2.45) is 17.8 Å². The lowest BCUT2D eigenvalue weighted by Crippen LogP contribution is -2.33. The molecular weight excluding hydrogens is 366 g/mol. The van der Waals surface area contributed by atoms with Crippen molar-refractivity contribution in [3.8, 4) is 0 Å². The number of benzene rings is 1. The quantitative estimate of drug-likeness (QED) is 0.512. The number of carbonyl (C=O) groups excluding carboxylic acids is 2. The van der Waals surface area contributed by atoms with Crippen molar-refractivity contribution < 1.29 is 19.1 Å². The monoisotopic (exact) mass is 405 g/mol. The third kappa shape index (κ3) is 10.2. The molecule has 1 fully saturated rings. The summed E-state index contributed by atoms with van der Waals surface area (Å²) in [6.45, 7) is 10.7. The first-order valence-electron chi connectivity index (χ1n) is 10.9. The van der Waals surface area contributed by atoms with E-state index in [-0.39, 0.29) is 11.9 Å². The van der Waals surface area contributed by atoms with Gasteiger partial charge in [-0.15, -0.1) is 0 Å². The number of fused-ring (bicyclic) bond motifs is 2. The average molecular weight is 406 g/mol. The van der Waals surface area contributed by atoms with Crippen LogP contribution < -0.4 is 5.32 Å². The summed E-state index contributed by atoms with van der Waals surface area (Å²) in [6, 6.07) is 9.54. The third-order valence-corrected chi connectivity index (χ3v) is 4.58. The van der Waals surface area contributed by atoms with E-state index in [1.165, 1.54) is 19.9 Å². The van der Waals surface area contributed by atoms with Gasteiger partial charge in [0.15, 0.2) is 0 Å². The van der Waals surface area contributed by atoms with Crippen LogP contribution in [-0.2, 0) is 20.9 Å². The molecule has 0 spiro atoms. The fourth-order valence-corrected chi connectivity index (χ4v) is 3.25. The lowest BCUT2D eigenvalue weighted by atomic mass is 9.69. The van der Waals surface area contributed by atoms with E-state index in [1.54, 1.807) is 0 Å². The van der Waals surface area contributed by atoms with Gasteiger partial charge in [-0.3, -0.25) is 4.79 Å². The summed E-state index contributed by atoms with van der Waals surface area (Å²) >= 11 is 0. The van der Waals surface area contributed by atoms with Crippen LogP contribution in [0.2, 0.25) is 0 Å². The molecule has 1 aromatic carbocycles. The van der Waals surface area contributed by atoms with Crippen LogP contribution in [0.3, 0.4) is 0 Å². The maximum absolute atomic E-state index is 11.5. The molecule has 3 aliphatic rings. The Kier molecular flexibility index (Phi) is 15.3. The zero-order chi connectivity index (χ0) is 22.1. The second-order valence-corrected chi connectivity index (χ2v) is 6.29. The summed E-state index contributed by atoms with van der Waals surface area (Å²) in [4.78, 5) is 22.2. The highest BCUT2D eigenvalue weighted by Crippen LogP contribution is 2.40. The molecular formula is C24H39NO4. The number of esters is 1. The minimum absolute atomic E-state index is 0.0153. The summed E-state index contributed by atoms with van der Waals surface area (Å²) < 4.78 is 9.89. The van der Waals surface area contributed by atoms with Gasteiger partial charge in [0, 0.05) is 7.05 Å². The van der Waals surface area contributed by atoms with Crippen molar-refractivity contribution >= 4 is 12.1 Å². The number of amides is 1. The van der Waals surface area contributed by atoms with Crippen LogP contribution in [-0.4, -0.2) is 25.7 Å². The van der Waals surface area contributed by atoms with Crippen molar-refractivity contribution in [3.63, 3.8) is 0 Å². The fraction of sp³-hybridized carbons (Fsp3) is 0.583. The summed E-state index contributed by atoms with van der Waals surface area (Å²) in [5.41, 5.74) is 0.987. The van der Waals surface area contributed by atoms with Gasteiger partial charge < -0.3 is 14.8 Å². The standard InChI is InChI=1S/C11H16O2.C9H11NO2.2C2H6/c1-2-13-11(12)10-7-8-3-5-9(10)6-4-8;1-10-9(11)12-7-8-5-3-2-4-6-8;2*1-2/h3,5,8-10H,2,4,6-7H2,1H3;2-6H,7H2,1H3,(H,10,11);2*1-2H3. The lowest BCUT2D eigenvalue weighted by molar-refractivity contribution is -0.151. The van der Waals surface area contributed by atoms with Gasteiger partial charge in [-0.25, -0.2) is 4.79 Å². The predicted octanol–water partition coefficient (Wildman–Crippen LogP) is 5.75. The molecule has 0 aliphatic heterocycles. The Morgan fingerprint density at radius 2 is 1.66 bits per heavy atom. The Hall–Kier alpha value is -2.30. The van der Waals surface area contributed by atoms with Gasteiger partial charge in [-0.1, -0.05) is 70.2 Å². The molecule has 1 N–H and O–H groups in total. The maximum Gasteiger partial charge on any atom is 0.407 e. The summed E-state index contributed by atoms with van der Waals surface area (Å²) in [6.07, 6.45) is 7.52. The predicted molar refractivity (Wildman–Crippen MR) is 118 cm³/mol. The molecule has 3 aliphatic carbocycles. The van der Waals surface area contributed by atoms with E-state index in [1.807, 2.05) is 65.0 Å². The minimum atomic E-state index is -0.404. The average Bonchev–Trinajstić information content (AvgIpc) is 2.82. The van der Waals surface area contributed by atoms with Crippen molar-refractivity contribution in [3.05, 3.63) is 48.0 Å². The summed E-state index contributed by atoms with van der Waals surface area (Å²) in [7, 11) is 1.54. The number of hydrogen-bond donors (Lipinski definition) is 1. The molecule has 1 saturated carbocycles. The van der Waals surface area contributed by atoms with Gasteiger partial charge in [0.25, 0.3) is 0 Å². The van der Waals surface area contributed by atoms with Gasteiger partial charge in [0.2, 0.25) is 0 Å². The Morgan fingerprint density at radius 1 is 1.00 bits per heavy atom. The lowest BCUT2D eigenvalue weighted by Gasteiger charge is -2.36. The largest absolute Gasteiger partial charge is 0.466 e. The number of carbonyl (C=O) groups is 2. The molecule has 3 atom stereocenters. The zero-order valence-electron chi connectivity index (χ0n) is 18.9. The molecule has 2 bridgehead atoms. The molecule has 0 saturated heterocycles. The first kappa shape index (κ1) is 26.7. The molecule has 1 amide bonds. The van der Waals surface area contributed by atoms with Gasteiger partial charge in [-0.2, -0.15) is 0 Å². The number of ether oxygens (including phenoxy) is 2. The number of hydrogen-bond acceptors (Lipinski definition) is 4. The number of allylic oxidation sites excluding steroid dienone is 2. The summed E-state index contributed by atoms with van der Waals surface area (Å²) in [5.74, 6) is 1.27. The normalized spacial score (nSPS) is 20.4. The van der Waals surface area contributed by atoms with Crippen molar-refractivity contribution in [1.29, 1.82) is 0 Å². The van der Waals surface area contributed by atoms with Crippen molar-refractivity contribution in [1.82, 2.24) is 5.32 Å². The minimum Gasteiger partial charge on any atom is -0.466 e. The molecule has 3 unspecified atom stereocenters. The molecule has 164 valence electrons. The summed E-state index contributed by atoms with van der Waals surface area (Å²) in [5, 5.41) is 2.37. The first-order chi connectivity index (χ1) is 14.1. The SMILES string of the molecule is CC.CC.CCOC(=O)C1CC2C=CC1CC2.CNC(=O)OCc1ccccc1. The molecule has 4 rings (SSSR count). The molecule has 5 nitrogen and oxygen atoms in total. The van der Waals surface area contributed by atoms with Crippen LogP contribution in [0.5, 0.6) is 0 Å². The Bertz CT molecular complexity index is 586. The van der Waals surface area contributed by atoms with Crippen LogP contribution in [0.4, 0.5) is 4.79 Å². The van der Waals surface area contributed by atoms with Crippen LogP contribution in [0.25, 0.3) is 0 Å². The van der Waals surface area contributed by atoms with E-state index < -0.39 is 6.09 Å². The van der Waals surface area contributed by atoms with Crippen molar-refractivity contribution in [2.45, 2.75) is 60.5 Å². The highest BCUT2D eigenvalue weighted by molar-refractivity contribution is 5.73. The van der Waals surface area contributed by atoms with Gasteiger partial charge in [-0.05, 0) is 43.6 Å². The van der Waals surface area contributed by atoms with E-state index in [0.29, 0.717) is 25.0 Å². The number of alkyl carbamates (subject to hydrolysis) is 1. The van der Waals surface area contributed by atoms with Crippen molar-refractivity contribution in [2.75, 3.05) is 13.7 Å². The molecule has 0 heterocycles. The number of rotatable bonds is 4. The van der Waals surface area contributed by atoms with Crippen LogP contribution in [0, 0.1) is 17.8 Å². The topological polar surface area (TPSA) is 64.6 Å². The van der Waals surface area contributed by atoms with E-state index >= 15 is 0 Å². The molecule has 1 aromatic rings. The van der Waals surface area contributed by atoms with Gasteiger partial charge in [0.05, 0.1) is 12.5 Å². The third-order valence-electron chi connectivity index (χ3n) is 4.58. The van der Waals surface area contributed by atoms with E-state index in [2.05, 4.69) is 17.5 Å². The Labute approximate surface area is 176 Å². The van der Waals surface area contributed by atoms with E-state index in [0.717, 1.165) is 12.0 Å². The Morgan fingerprint density at radius 3 is 2.10 bits per heavy atom. The second-order valence-electron chi connectivity index (χ2n) is 6.29. The highest BCUT2D eigenvalue weighted by atomic mass is 16.5. The van der Waals surface area contributed by atoms with Gasteiger partial charge in [0.1, 0.15) is 6.61 Å². The molecule has 0 aromatic heterocycles. The van der Waals surface area contributed by atoms with Crippen LogP contribution in [0.1, 0.15) is 59.4 Å². The first-order valence-corrected chi connectivity index (χ1v) is 10.9. The van der Waals surface area contributed by atoms with E-state index in [4.69, 9.17) is 9.47 Å². The zero-order valence-corrected chi connectivity index (χ0v) is 18.9. The maximum atomic E-state index is 11.5. The second kappa shape index (κ2) is 16.6. The van der Waals surface area contributed by atoms with Crippen LogP contribution in [0.15, 0.2) is 42.5 Å².